The standard InChI is InChI=1S/C12H15N3O/c1-3-4-10(7-13)12(16)15-11-6-5-9(2)8-14-11/h5-6,8,10H,3-4H2,1-2H3,(H,14,15,16). The first-order chi connectivity index (χ1) is 7.67. The molecular weight excluding hydrogens is 202 g/mol. The highest BCUT2D eigenvalue weighted by Gasteiger charge is 2.16. The van der Waals surface area contributed by atoms with Crippen LogP contribution in [-0.4, -0.2) is 10.9 Å². The maximum Gasteiger partial charge on any atom is 0.242 e. The van der Waals surface area contributed by atoms with Gasteiger partial charge in [0, 0.05) is 6.20 Å². The summed E-state index contributed by atoms with van der Waals surface area (Å²) in [6.07, 6.45) is 3.07. The third kappa shape index (κ3) is 3.35. The van der Waals surface area contributed by atoms with Crippen molar-refractivity contribution in [2.24, 2.45) is 5.92 Å². The Morgan fingerprint density at radius 1 is 1.62 bits per heavy atom. The van der Waals surface area contributed by atoms with Gasteiger partial charge in [0.05, 0.1) is 6.07 Å². The van der Waals surface area contributed by atoms with Crippen LogP contribution in [0, 0.1) is 24.2 Å². The minimum Gasteiger partial charge on any atom is -0.310 e. The highest BCUT2D eigenvalue weighted by Crippen LogP contribution is 2.10. The van der Waals surface area contributed by atoms with Gasteiger partial charge in [-0.25, -0.2) is 4.98 Å². The topological polar surface area (TPSA) is 65.8 Å². The largest absolute Gasteiger partial charge is 0.310 e. The molecule has 1 unspecified atom stereocenters. The summed E-state index contributed by atoms with van der Waals surface area (Å²) in [5, 5.41) is 11.5. The molecule has 4 nitrogen and oxygen atoms in total. The Kier molecular flexibility index (Phi) is 4.46. The van der Waals surface area contributed by atoms with Gasteiger partial charge in [-0.15, -0.1) is 0 Å². The van der Waals surface area contributed by atoms with E-state index in [1.165, 1.54) is 0 Å². The van der Waals surface area contributed by atoms with E-state index in [0.717, 1.165) is 12.0 Å². The SMILES string of the molecule is CCCC(C#N)C(=O)Nc1ccc(C)cn1. The zero-order valence-corrected chi connectivity index (χ0v) is 9.53. The number of amides is 1. The lowest BCUT2D eigenvalue weighted by Gasteiger charge is -2.08. The lowest BCUT2D eigenvalue weighted by Crippen LogP contribution is -2.21. The molecule has 0 aliphatic rings. The highest BCUT2D eigenvalue weighted by atomic mass is 16.1. The van der Waals surface area contributed by atoms with Crippen molar-refractivity contribution in [2.75, 3.05) is 5.32 Å². The number of aryl methyl sites for hydroxylation is 1. The van der Waals surface area contributed by atoms with E-state index in [1.807, 2.05) is 26.0 Å². The first-order valence-electron chi connectivity index (χ1n) is 5.30. The Hall–Kier alpha value is -1.89. The molecule has 1 aromatic rings. The summed E-state index contributed by atoms with van der Waals surface area (Å²) >= 11 is 0. The quantitative estimate of drug-likeness (QED) is 0.841. The van der Waals surface area contributed by atoms with E-state index in [2.05, 4.69) is 10.3 Å². The van der Waals surface area contributed by atoms with E-state index in [9.17, 15) is 4.79 Å². The molecular formula is C12H15N3O. The lowest BCUT2D eigenvalue weighted by molar-refractivity contribution is -0.118. The maximum absolute atomic E-state index is 11.6. The molecule has 1 rings (SSSR count). The highest BCUT2D eigenvalue weighted by molar-refractivity contribution is 5.93. The normalized spacial score (nSPS) is 11.6. The number of nitrogens with zero attached hydrogens (tertiary/aromatic N) is 2. The Bertz CT molecular complexity index is 392. The molecule has 0 bridgehead atoms. The molecule has 0 aliphatic heterocycles. The lowest BCUT2D eigenvalue weighted by atomic mass is 10.1. The second-order valence-electron chi connectivity index (χ2n) is 3.68. The molecule has 1 heterocycles. The summed E-state index contributed by atoms with van der Waals surface area (Å²) in [6, 6.07) is 5.59. The van der Waals surface area contributed by atoms with E-state index in [4.69, 9.17) is 5.26 Å². The smallest absolute Gasteiger partial charge is 0.242 e. The summed E-state index contributed by atoms with van der Waals surface area (Å²) in [5.74, 6) is -0.374. The number of carbonyl (C=O) groups is 1. The molecule has 0 radical (unpaired) electrons. The number of carbonyl (C=O) groups excluding carboxylic acids is 1. The molecule has 0 fully saturated rings. The van der Waals surface area contributed by atoms with Crippen LogP contribution in [0.5, 0.6) is 0 Å². The van der Waals surface area contributed by atoms with Gasteiger partial charge in [-0.3, -0.25) is 4.79 Å². The van der Waals surface area contributed by atoms with Gasteiger partial charge in [-0.1, -0.05) is 19.4 Å². The predicted octanol–water partition coefficient (Wildman–Crippen LogP) is 2.27. The number of nitriles is 1. The van der Waals surface area contributed by atoms with Gasteiger partial charge in [0.25, 0.3) is 0 Å². The predicted molar refractivity (Wildman–Crippen MR) is 61.6 cm³/mol. The fourth-order valence-electron chi connectivity index (χ4n) is 1.30. The molecule has 0 aromatic carbocycles. The molecule has 0 spiro atoms. The Morgan fingerprint density at radius 2 is 2.38 bits per heavy atom. The zero-order valence-electron chi connectivity index (χ0n) is 9.53. The number of pyridine rings is 1. The molecule has 0 aliphatic carbocycles. The molecule has 0 saturated carbocycles. The summed E-state index contributed by atoms with van der Waals surface area (Å²) in [6.45, 7) is 3.87. The van der Waals surface area contributed by atoms with Gasteiger partial charge in [0.15, 0.2) is 0 Å². The van der Waals surface area contributed by atoms with E-state index in [-0.39, 0.29) is 5.91 Å². The van der Waals surface area contributed by atoms with Crippen LogP contribution < -0.4 is 5.32 Å². The van der Waals surface area contributed by atoms with Crippen molar-refractivity contribution in [1.82, 2.24) is 4.98 Å². The summed E-state index contributed by atoms with van der Waals surface area (Å²) in [7, 11) is 0. The first kappa shape index (κ1) is 12.2. The van der Waals surface area contributed by atoms with Gasteiger partial charge in [0.1, 0.15) is 11.7 Å². The van der Waals surface area contributed by atoms with Crippen LogP contribution in [0.1, 0.15) is 25.3 Å². The van der Waals surface area contributed by atoms with E-state index < -0.39 is 5.92 Å². The number of nitrogens with one attached hydrogen (secondary N) is 1. The molecule has 84 valence electrons. The number of hydrogen-bond donors (Lipinski definition) is 1. The average molecular weight is 217 g/mol. The van der Waals surface area contributed by atoms with Crippen molar-refractivity contribution in [2.45, 2.75) is 26.7 Å². The second kappa shape index (κ2) is 5.86. The summed E-state index contributed by atoms with van der Waals surface area (Å²) in [5.41, 5.74) is 1.03. The van der Waals surface area contributed by atoms with E-state index >= 15 is 0 Å². The first-order valence-corrected chi connectivity index (χ1v) is 5.30. The molecule has 16 heavy (non-hydrogen) atoms. The van der Waals surface area contributed by atoms with Crippen molar-refractivity contribution >= 4 is 11.7 Å². The fourth-order valence-corrected chi connectivity index (χ4v) is 1.30. The Balaban J connectivity index is 2.63. The van der Waals surface area contributed by atoms with Crippen LogP contribution >= 0.6 is 0 Å². The molecule has 0 saturated heterocycles. The van der Waals surface area contributed by atoms with Crippen LogP contribution in [0.3, 0.4) is 0 Å². The number of hydrogen-bond acceptors (Lipinski definition) is 3. The maximum atomic E-state index is 11.6. The zero-order chi connectivity index (χ0) is 12.0. The van der Waals surface area contributed by atoms with Crippen LogP contribution in [0.25, 0.3) is 0 Å². The minimum atomic E-state index is -0.590. The van der Waals surface area contributed by atoms with Crippen molar-refractivity contribution < 1.29 is 4.79 Å². The van der Waals surface area contributed by atoms with Gasteiger partial charge in [-0.05, 0) is 25.0 Å². The molecule has 1 N–H and O–H groups in total. The van der Waals surface area contributed by atoms with Crippen molar-refractivity contribution in [1.29, 1.82) is 5.26 Å². The molecule has 1 atom stereocenters. The van der Waals surface area contributed by atoms with Gasteiger partial charge >= 0.3 is 0 Å². The van der Waals surface area contributed by atoms with Crippen molar-refractivity contribution in [3.05, 3.63) is 23.9 Å². The average Bonchev–Trinajstić information content (AvgIpc) is 2.29. The van der Waals surface area contributed by atoms with Crippen molar-refractivity contribution in [3.63, 3.8) is 0 Å². The summed E-state index contributed by atoms with van der Waals surface area (Å²) < 4.78 is 0. The van der Waals surface area contributed by atoms with E-state index in [1.54, 1.807) is 12.3 Å². The van der Waals surface area contributed by atoms with Crippen molar-refractivity contribution in [3.8, 4) is 6.07 Å². The second-order valence-corrected chi connectivity index (χ2v) is 3.68. The van der Waals surface area contributed by atoms with Gasteiger partial charge in [-0.2, -0.15) is 5.26 Å². The van der Waals surface area contributed by atoms with Crippen LogP contribution in [0.4, 0.5) is 5.82 Å². The molecule has 1 aromatic heterocycles. The number of aromatic nitrogens is 1. The van der Waals surface area contributed by atoms with Crippen LogP contribution in [0.15, 0.2) is 18.3 Å². The molecule has 4 heteroatoms. The third-order valence-electron chi connectivity index (χ3n) is 2.21. The minimum absolute atomic E-state index is 0.277. The Morgan fingerprint density at radius 3 is 2.88 bits per heavy atom. The van der Waals surface area contributed by atoms with Crippen LogP contribution in [0.2, 0.25) is 0 Å². The third-order valence-corrected chi connectivity index (χ3v) is 2.21. The molecule has 1 amide bonds. The monoisotopic (exact) mass is 217 g/mol. The number of anilines is 1. The van der Waals surface area contributed by atoms with Crippen LogP contribution in [-0.2, 0) is 4.79 Å². The van der Waals surface area contributed by atoms with Gasteiger partial charge in [0.2, 0.25) is 5.91 Å². The van der Waals surface area contributed by atoms with Gasteiger partial charge < -0.3 is 5.32 Å². The number of rotatable bonds is 4. The van der Waals surface area contributed by atoms with E-state index in [0.29, 0.717) is 12.2 Å². The fraction of sp³-hybridized carbons (Fsp3) is 0.417. The Labute approximate surface area is 95.3 Å². The summed E-state index contributed by atoms with van der Waals surface area (Å²) in [4.78, 5) is 15.7.